The molecule has 138 valence electrons. The molecule has 0 N–H and O–H groups in total. The van der Waals surface area contributed by atoms with Crippen molar-refractivity contribution in [1.82, 2.24) is 0 Å². The largest absolute Gasteiger partial charge is 0.495 e. The highest BCUT2D eigenvalue weighted by molar-refractivity contribution is 6.62. The molecule has 25 heavy (non-hydrogen) atoms. The van der Waals surface area contributed by atoms with Crippen LogP contribution in [0.5, 0.6) is 0 Å². The molecule has 0 bridgehead atoms. The first-order valence-corrected chi connectivity index (χ1v) is 8.94. The Kier molecular flexibility index (Phi) is 4.32. The monoisotopic (exact) mass is 354 g/mol. The smallest absolute Gasteiger partial charge is 0.399 e. The van der Waals surface area contributed by atoms with Gasteiger partial charge in [0.2, 0.25) is 0 Å². The minimum Gasteiger partial charge on any atom is -0.399 e. The number of hydrogen-bond acceptors (Lipinski definition) is 2. The normalized spacial score (nSPS) is 22.7. The number of alkyl halides is 3. The van der Waals surface area contributed by atoms with E-state index in [0.717, 1.165) is 18.4 Å². The van der Waals surface area contributed by atoms with E-state index < -0.39 is 30.1 Å². The molecule has 1 saturated carbocycles. The lowest BCUT2D eigenvalue weighted by Crippen LogP contribution is -2.41. The Labute approximate surface area is 148 Å². The van der Waals surface area contributed by atoms with Crippen molar-refractivity contribution in [3.63, 3.8) is 0 Å². The van der Waals surface area contributed by atoms with Gasteiger partial charge in [-0.15, -0.1) is 0 Å². The van der Waals surface area contributed by atoms with Gasteiger partial charge in [-0.1, -0.05) is 26.0 Å². The first-order chi connectivity index (χ1) is 11.3. The minimum absolute atomic E-state index is 0.124. The van der Waals surface area contributed by atoms with Gasteiger partial charge in [0.05, 0.1) is 16.8 Å². The average molecular weight is 354 g/mol. The first-order valence-electron chi connectivity index (χ1n) is 8.94. The molecule has 0 spiro atoms. The molecule has 1 aromatic rings. The van der Waals surface area contributed by atoms with Crippen molar-refractivity contribution >= 4 is 12.6 Å². The molecule has 0 unspecified atom stereocenters. The topological polar surface area (TPSA) is 18.5 Å². The second kappa shape index (κ2) is 5.75. The zero-order valence-electron chi connectivity index (χ0n) is 15.8. The Morgan fingerprint density at radius 2 is 1.56 bits per heavy atom. The van der Waals surface area contributed by atoms with Crippen molar-refractivity contribution in [3.05, 3.63) is 28.8 Å². The van der Waals surface area contributed by atoms with Gasteiger partial charge in [-0.3, -0.25) is 0 Å². The van der Waals surface area contributed by atoms with E-state index in [1.165, 1.54) is 0 Å². The van der Waals surface area contributed by atoms with Crippen LogP contribution >= 0.6 is 0 Å². The number of rotatable bonds is 3. The van der Waals surface area contributed by atoms with Gasteiger partial charge in [0, 0.05) is 0 Å². The molecule has 1 heterocycles. The summed E-state index contributed by atoms with van der Waals surface area (Å²) >= 11 is 0. The highest BCUT2D eigenvalue weighted by Crippen LogP contribution is 2.44. The molecule has 2 nitrogen and oxygen atoms in total. The summed E-state index contributed by atoms with van der Waals surface area (Å²) in [4.78, 5) is 0. The highest BCUT2D eigenvalue weighted by atomic mass is 19.4. The minimum atomic E-state index is -4.44. The van der Waals surface area contributed by atoms with Crippen molar-refractivity contribution in [3.8, 4) is 0 Å². The van der Waals surface area contributed by atoms with Gasteiger partial charge >= 0.3 is 13.3 Å². The van der Waals surface area contributed by atoms with Gasteiger partial charge < -0.3 is 9.31 Å². The van der Waals surface area contributed by atoms with E-state index in [4.69, 9.17) is 9.31 Å². The Balaban J connectivity index is 2.17. The van der Waals surface area contributed by atoms with Gasteiger partial charge in [-0.2, -0.15) is 13.2 Å². The van der Waals surface area contributed by atoms with E-state index >= 15 is 0 Å². The molecular weight excluding hydrogens is 328 g/mol. The highest BCUT2D eigenvalue weighted by Gasteiger charge is 2.54. The van der Waals surface area contributed by atoms with E-state index in [2.05, 4.69) is 0 Å². The predicted molar refractivity (Wildman–Crippen MR) is 93.2 cm³/mol. The standard InChI is InChI=1S/C19H26BF3O2/c1-11(2)14-9-13(12-7-8-12)10-15(16(14)19(21,22)23)20-24-17(3,4)18(5,6)25-20/h9-12H,7-8H2,1-6H3. The molecule has 3 rings (SSSR count). The summed E-state index contributed by atoms with van der Waals surface area (Å²) in [5.74, 6) is 0.137. The summed E-state index contributed by atoms with van der Waals surface area (Å²) < 4.78 is 53.7. The average Bonchev–Trinajstić information content (AvgIpc) is 3.24. The molecular formula is C19H26BF3O2. The van der Waals surface area contributed by atoms with Crippen LogP contribution in [0.3, 0.4) is 0 Å². The van der Waals surface area contributed by atoms with Crippen molar-refractivity contribution in [2.24, 2.45) is 0 Å². The van der Waals surface area contributed by atoms with Crippen LogP contribution in [0.25, 0.3) is 0 Å². The van der Waals surface area contributed by atoms with E-state index in [0.29, 0.717) is 11.5 Å². The molecule has 0 amide bonds. The number of hydrogen-bond donors (Lipinski definition) is 0. The van der Waals surface area contributed by atoms with Gasteiger partial charge in [0.25, 0.3) is 0 Å². The van der Waals surface area contributed by atoms with Crippen LogP contribution in [0.15, 0.2) is 12.1 Å². The fourth-order valence-electron chi connectivity index (χ4n) is 3.30. The zero-order chi connectivity index (χ0) is 18.8. The fraction of sp³-hybridized carbons (Fsp3) is 0.684. The Morgan fingerprint density at radius 3 is 1.96 bits per heavy atom. The second-order valence-corrected chi connectivity index (χ2v) is 8.59. The maximum Gasteiger partial charge on any atom is 0.495 e. The molecule has 1 aromatic carbocycles. The lowest BCUT2D eigenvalue weighted by Gasteiger charge is -2.32. The molecule has 0 atom stereocenters. The van der Waals surface area contributed by atoms with E-state index in [1.54, 1.807) is 26.0 Å². The third-order valence-electron chi connectivity index (χ3n) is 5.68. The van der Waals surface area contributed by atoms with Crippen LogP contribution in [0, 0.1) is 0 Å². The summed E-state index contributed by atoms with van der Waals surface area (Å²) in [7, 11) is -1.00. The SMILES string of the molecule is CC(C)c1cc(C2CC2)cc(B2OC(C)(C)C(C)(C)O2)c1C(F)(F)F. The number of halogens is 3. The first kappa shape index (κ1) is 18.8. The fourth-order valence-corrected chi connectivity index (χ4v) is 3.30. The van der Waals surface area contributed by atoms with Gasteiger partial charge in [-0.25, -0.2) is 0 Å². The van der Waals surface area contributed by atoms with Crippen molar-refractivity contribution in [1.29, 1.82) is 0 Å². The molecule has 1 aliphatic heterocycles. The number of benzene rings is 1. The van der Waals surface area contributed by atoms with Crippen LogP contribution in [-0.2, 0) is 15.5 Å². The maximum atomic E-state index is 13.9. The summed E-state index contributed by atoms with van der Waals surface area (Å²) in [6.45, 7) is 11.0. The lowest BCUT2D eigenvalue weighted by atomic mass is 9.72. The van der Waals surface area contributed by atoms with Gasteiger partial charge in [-0.05, 0) is 69.0 Å². The van der Waals surface area contributed by atoms with Crippen molar-refractivity contribution in [2.45, 2.75) is 83.6 Å². The predicted octanol–water partition coefficient (Wildman–Crippen LogP) is 5.01. The Bertz CT molecular complexity index is 660. The summed E-state index contributed by atoms with van der Waals surface area (Å²) in [6, 6.07) is 3.40. The summed E-state index contributed by atoms with van der Waals surface area (Å²) in [5.41, 5.74) is -0.505. The van der Waals surface area contributed by atoms with Crippen molar-refractivity contribution < 1.29 is 22.5 Å². The van der Waals surface area contributed by atoms with E-state index in [-0.39, 0.29) is 11.4 Å². The van der Waals surface area contributed by atoms with E-state index in [9.17, 15) is 13.2 Å². The molecule has 0 radical (unpaired) electrons. The summed E-state index contributed by atoms with van der Waals surface area (Å²) in [6.07, 6.45) is -2.38. The van der Waals surface area contributed by atoms with Crippen LogP contribution in [0.1, 0.15) is 82.9 Å². The zero-order valence-corrected chi connectivity index (χ0v) is 15.8. The van der Waals surface area contributed by atoms with Crippen molar-refractivity contribution in [2.75, 3.05) is 0 Å². The molecule has 1 aliphatic carbocycles. The lowest BCUT2D eigenvalue weighted by molar-refractivity contribution is -0.137. The quantitative estimate of drug-likeness (QED) is 0.711. The van der Waals surface area contributed by atoms with E-state index in [1.807, 2.05) is 27.7 Å². The van der Waals surface area contributed by atoms with Gasteiger partial charge in [0.15, 0.2) is 0 Å². The molecule has 6 heteroatoms. The molecule has 2 fully saturated rings. The van der Waals surface area contributed by atoms with Crippen LogP contribution in [0.4, 0.5) is 13.2 Å². The summed E-state index contributed by atoms with van der Waals surface area (Å²) in [5, 5.41) is 0. The molecule has 2 aliphatic rings. The van der Waals surface area contributed by atoms with Crippen LogP contribution in [0.2, 0.25) is 0 Å². The van der Waals surface area contributed by atoms with Crippen LogP contribution < -0.4 is 5.46 Å². The Hall–Kier alpha value is -1.01. The molecule has 1 saturated heterocycles. The third kappa shape index (κ3) is 3.35. The third-order valence-corrected chi connectivity index (χ3v) is 5.68. The van der Waals surface area contributed by atoms with Gasteiger partial charge in [0.1, 0.15) is 0 Å². The Morgan fingerprint density at radius 1 is 1.04 bits per heavy atom. The van der Waals surface area contributed by atoms with Crippen LogP contribution in [-0.4, -0.2) is 18.3 Å². The molecule has 0 aromatic heterocycles. The second-order valence-electron chi connectivity index (χ2n) is 8.59. The maximum absolute atomic E-state index is 13.9.